The number of sulfonamides is 1. The van der Waals surface area contributed by atoms with Crippen LogP contribution in [-0.4, -0.2) is 28.2 Å². The van der Waals surface area contributed by atoms with Crippen LogP contribution in [0.4, 0.5) is 5.69 Å². The first-order valence-corrected chi connectivity index (χ1v) is 7.56. The van der Waals surface area contributed by atoms with E-state index in [1.165, 1.54) is 7.05 Å². The van der Waals surface area contributed by atoms with Crippen LogP contribution in [0, 0.1) is 0 Å². The van der Waals surface area contributed by atoms with E-state index >= 15 is 0 Å². The molecule has 1 aliphatic rings. The van der Waals surface area contributed by atoms with Gasteiger partial charge in [0.15, 0.2) is 0 Å². The zero-order valence-corrected chi connectivity index (χ0v) is 11.2. The number of nitrogens with zero attached hydrogens (tertiary/aromatic N) is 2. The summed E-state index contributed by atoms with van der Waals surface area (Å²) in [6.07, 6.45) is 4.03. The van der Waals surface area contributed by atoms with E-state index in [4.69, 9.17) is 0 Å². The second-order valence-corrected chi connectivity index (χ2v) is 6.12. The van der Waals surface area contributed by atoms with Crippen molar-refractivity contribution in [2.45, 2.75) is 18.6 Å². The van der Waals surface area contributed by atoms with Crippen LogP contribution in [0.2, 0.25) is 0 Å². The lowest BCUT2D eigenvalue weighted by atomic mass is 10.2. The van der Waals surface area contributed by atoms with Gasteiger partial charge in [-0.15, -0.1) is 0 Å². The Bertz CT molecular complexity index is 523. The molecule has 0 aliphatic carbocycles. The summed E-state index contributed by atoms with van der Waals surface area (Å²) in [6.45, 7) is 0.907. The summed E-state index contributed by atoms with van der Waals surface area (Å²) in [5, 5.41) is 6.23. The van der Waals surface area contributed by atoms with Crippen LogP contribution in [0.15, 0.2) is 29.4 Å². The van der Waals surface area contributed by atoms with Crippen LogP contribution < -0.4 is 9.73 Å². The van der Waals surface area contributed by atoms with Crippen molar-refractivity contribution in [2.75, 3.05) is 18.6 Å². The third-order valence-electron chi connectivity index (χ3n) is 2.83. The van der Waals surface area contributed by atoms with Crippen molar-refractivity contribution in [3.63, 3.8) is 0 Å². The number of hydrogen-bond acceptors (Lipinski definition) is 4. The fraction of sp³-hybridized carbons (Fsp3) is 0.417. The Morgan fingerprint density at radius 1 is 1.33 bits per heavy atom. The number of hydrazone groups is 1. The minimum absolute atomic E-state index is 0.00699. The summed E-state index contributed by atoms with van der Waals surface area (Å²) in [7, 11) is -1.78. The normalized spacial score (nSPS) is 15.9. The van der Waals surface area contributed by atoms with Gasteiger partial charge in [-0.3, -0.25) is 5.01 Å². The lowest BCUT2D eigenvalue weighted by Gasteiger charge is -2.21. The molecule has 1 heterocycles. The summed E-state index contributed by atoms with van der Waals surface area (Å²) < 4.78 is 25.1. The van der Waals surface area contributed by atoms with Gasteiger partial charge in [0, 0.05) is 12.8 Å². The first-order valence-electron chi connectivity index (χ1n) is 5.91. The molecule has 0 spiro atoms. The molecular weight excluding hydrogens is 250 g/mol. The number of rotatable bonds is 4. The fourth-order valence-electron chi connectivity index (χ4n) is 1.80. The number of nitrogens with one attached hydrogen (secondary N) is 1. The van der Waals surface area contributed by atoms with E-state index in [0.29, 0.717) is 0 Å². The number of benzene rings is 1. The molecular formula is C12H17N3O2S. The largest absolute Gasteiger partial charge is 0.266 e. The summed E-state index contributed by atoms with van der Waals surface area (Å²) in [5.74, 6) is 0.00699. The van der Waals surface area contributed by atoms with Crippen LogP contribution in [0.5, 0.6) is 0 Å². The molecule has 98 valence electrons. The smallest absolute Gasteiger partial charge is 0.215 e. The molecule has 0 saturated carbocycles. The van der Waals surface area contributed by atoms with Gasteiger partial charge in [-0.05, 0) is 37.6 Å². The molecule has 1 aromatic rings. The minimum atomic E-state index is -3.20. The van der Waals surface area contributed by atoms with Crippen molar-refractivity contribution in [3.05, 3.63) is 29.8 Å². The van der Waals surface area contributed by atoms with E-state index in [1.807, 2.05) is 35.5 Å². The molecule has 0 saturated heterocycles. The molecule has 6 heteroatoms. The van der Waals surface area contributed by atoms with E-state index in [1.54, 1.807) is 0 Å². The van der Waals surface area contributed by atoms with Gasteiger partial charge in [-0.1, -0.05) is 12.1 Å². The Balaban J connectivity index is 2.10. The summed E-state index contributed by atoms with van der Waals surface area (Å²) in [4.78, 5) is 0. The van der Waals surface area contributed by atoms with Gasteiger partial charge in [-0.25, -0.2) is 13.1 Å². The zero-order chi connectivity index (χ0) is 13.0. The quantitative estimate of drug-likeness (QED) is 0.895. The van der Waals surface area contributed by atoms with Gasteiger partial charge in [0.05, 0.1) is 11.4 Å². The van der Waals surface area contributed by atoms with Crippen LogP contribution in [0.25, 0.3) is 0 Å². The molecule has 0 radical (unpaired) electrons. The van der Waals surface area contributed by atoms with Crippen molar-refractivity contribution in [2.24, 2.45) is 5.10 Å². The molecule has 1 aliphatic heterocycles. The highest BCUT2D eigenvalue weighted by atomic mass is 32.2. The molecule has 2 rings (SSSR count). The first kappa shape index (κ1) is 13.0. The molecule has 0 aromatic heterocycles. The summed E-state index contributed by atoms with van der Waals surface area (Å²) in [6, 6.07) is 7.47. The molecule has 0 atom stereocenters. The van der Waals surface area contributed by atoms with Gasteiger partial charge in [0.2, 0.25) is 10.0 Å². The molecule has 0 unspecified atom stereocenters. The van der Waals surface area contributed by atoms with E-state index in [-0.39, 0.29) is 5.75 Å². The predicted molar refractivity (Wildman–Crippen MR) is 73.2 cm³/mol. The SMILES string of the molecule is CNS(=O)(=O)Cc1ccc(N2CCCC=N2)cc1. The van der Waals surface area contributed by atoms with Gasteiger partial charge < -0.3 is 0 Å². The van der Waals surface area contributed by atoms with E-state index in [2.05, 4.69) is 9.82 Å². The molecule has 18 heavy (non-hydrogen) atoms. The van der Waals surface area contributed by atoms with Crippen molar-refractivity contribution in [1.29, 1.82) is 0 Å². The maximum absolute atomic E-state index is 11.4. The maximum atomic E-state index is 11.4. The topological polar surface area (TPSA) is 61.8 Å². The highest BCUT2D eigenvalue weighted by molar-refractivity contribution is 7.88. The lowest BCUT2D eigenvalue weighted by Crippen LogP contribution is -2.22. The zero-order valence-electron chi connectivity index (χ0n) is 10.3. The standard InChI is InChI=1S/C12H17N3O2S/c1-13-18(16,17)10-11-4-6-12(7-5-11)15-9-3-2-8-14-15/h4-8,13H,2-3,9-10H2,1H3. The molecule has 1 aromatic carbocycles. The van der Waals surface area contributed by atoms with Crippen molar-refractivity contribution in [3.8, 4) is 0 Å². The molecule has 0 amide bonds. The van der Waals surface area contributed by atoms with E-state index < -0.39 is 10.0 Å². The lowest BCUT2D eigenvalue weighted by molar-refractivity contribution is 0.587. The summed E-state index contributed by atoms with van der Waals surface area (Å²) >= 11 is 0. The fourth-order valence-corrected chi connectivity index (χ4v) is 2.57. The molecule has 5 nitrogen and oxygen atoms in total. The van der Waals surface area contributed by atoms with Crippen molar-refractivity contribution < 1.29 is 8.42 Å². The summed E-state index contributed by atoms with van der Waals surface area (Å²) in [5.41, 5.74) is 1.77. The van der Waals surface area contributed by atoms with Gasteiger partial charge in [0.25, 0.3) is 0 Å². The highest BCUT2D eigenvalue weighted by Crippen LogP contribution is 2.18. The van der Waals surface area contributed by atoms with Crippen LogP contribution in [0.3, 0.4) is 0 Å². The van der Waals surface area contributed by atoms with Gasteiger partial charge in [0.1, 0.15) is 0 Å². The Morgan fingerprint density at radius 3 is 2.61 bits per heavy atom. The molecule has 0 fully saturated rings. The minimum Gasteiger partial charge on any atom is -0.266 e. The van der Waals surface area contributed by atoms with Crippen LogP contribution in [-0.2, 0) is 15.8 Å². The average molecular weight is 267 g/mol. The van der Waals surface area contributed by atoms with E-state index in [9.17, 15) is 8.42 Å². The number of anilines is 1. The van der Waals surface area contributed by atoms with Gasteiger partial charge in [-0.2, -0.15) is 5.10 Å². The second-order valence-electron chi connectivity index (χ2n) is 4.19. The van der Waals surface area contributed by atoms with E-state index in [0.717, 1.165) is 30.6 Å². The van der Waals surface area contributed by atoms with Gasteiger partial charge >= 0.3 is 0 Å². The van der Waals surface area contributed by atoms with Crippen molar-refractivity contribution >= 4 is 21.9 Å². The Morgan fingerprint density at radius 2 is 2.06 bits per heavy atom. The van der Waals surface area contributed by atoms with Crippen LogP contribution in [0.1, 0.15) is 18.4 Å². The predicted octanol–water partition coefficient (Wildman–Crippen LogP) is 1.32. The third-order valence-corrected chi connectivity index (χ3v) is 4.16. The molecule has 0 bridgehead atoms. The Labute approximate surface area is 108 Å². The Kier molecular flexibility index (Phi) is 3.98. The number of hydrogen-bond donors (Lipinski definition) is 1. The average Bonchev–Trinajstić information content (AvgIpc) is 2.40. The Hall–Kier alpha value is -1.40. The third kappa shape index (κ3) is 3.30. The highest BCUT2D eigenvalue weighted by Gasteiger charge is 2.10. The second kappa shape index (κ2) is 5.49. The monoisotopic (exact) mass is 267 g/mol. The van der Waals surface area contributed by atoms with Crippen molar-refractivity contribution in [1.82, 2.24) is 4.72 Å². The maximum Gasteiger partial charge on any atom is 0.215 e. The van der Waals surface area contributed by atoms with Crippen LogP contribution >= 0.6 is 0 Å². The first-order chi connectivity index (χ1) is 8.61. The molecule has 1 N–H and O–H groups in total.